The number of rotatable bonds is 6. The zero-order valence-corrected chi connectivity index (χ0v) is 12.7. The Morgan fingerprint density at radius 2 is 1.85 bits per heavy atom. The van der Waals surface area contributed by atoms with Crippen LogP contribution in [0.2, 0.25) is 0 Å². The van der Waals surface area contributed by atoms with Crippen molar-refractivity contribution in [2.45, 2.75) is 33.9 Å². The maximum Gasteiger partial charge on any atom is 0.156 e. The summed E-state index contributed by atoms with van der Waals surface area (Å²) in [4.78, 5) is 2.18. The van der Waals surface area contributed by atoms with Gasteiger partial charge in [0.15, 0.2) is 5.76 Å². The van der Waals surface area contributed by atoms with E-state index in [0.717, 1.165) is 31.1 Å². The Morgan fingerprint density at radius 1 is 1.15 bits per heavy atom. The summed E-state index contributed by atoms with van der Waals surface area (Å²) in [5, 5.41) is 7.31. The average Bonchev–Trinajstić information content (AvgIpc) is 2.82. The lowest BCUT2D eigenvalue weighted by Gasteiger charge is -2.18. The van der Waals surface area contributed by atoms with Gasteiger partial charge in [-0.1, -0.05) is 18.1 Å². The molecule has 1 aromatic carbocycles. The van der Waals surface area contributed by atoms with Crippen LogP contribution in [0.25, 0.3) is 0 Å². The third kappa shape index (κ3) is 3.84. The van der Waals surface area contributed by atoms with Gasteiger partial charge in [0.25, 0.3) is 0 Å². The van der Waals surface area contributed by atoms with E-state index in [0.29, 0.717) is 0 Å². The molecule has 1 aromatic heterocycles. The number of aryl methyl sites for hydroxylation is 2. The van der Waals surface area contributed by atoms with Gasteiger partial charge in [-0.15, -0.1) is 0 Å². The SMILES string of the molecule is CCNCc1cc(CN(C)c2cc(C)cc(C)c2)on1. The van der Waals surface area contributed by atoms with Crippen molar-refractivity contribution in [1.29, 1.82) is 0 Å². The molecule has 0 saturated carbocycles. The summed E-state index contributed by atoms with van der Waals surface area (Å²) in [6.07, 6.45) is 0. The first-order valence-electron chi connectivity index (χ1n) is 7.03. The number of hydrogen-bond donors (Lipinski definition) is 1. The van der Waals surface area contributed by atoms with Crippen molar-refractivity contribution in [2.75, 3.05) is 18.5 Å². The fourth-order valence-electron chi connectivity index (χ4n) is 2.26. The van der Waals surface area contributed by atoms with Crippen LogP contribution in [0, 0.1) is 13.8 Å². The molecule has 0 aliphatic heterocycles. The van der Waals surface area contributed by atoms with Gasteiger partial charge in [-0.3, -0.25) is 0 Å². The highest BCUT2D eigenvalue weighted by Gasteiger charge is 2.08. The van der Waals surface area contributed by atoms with Crippen LogP contribution in [-0.2, 0) is 13.1 Å². The van der Waals surface area contributed by atoms with Crippen LogP contribution in [0.3, 0.4) is 0 Å². The van der Waals surface area contributed by atoms with E-state index in [2.05, 4.69) is 61.4 Å². The molecule has 0 amide bonds. The molecule has 0 atom stereocenters. The predicted molar refractivity (Wildman–Crippen MR) is 81.9 cm³/mol. The predicted octanol–water partition coefficient (Wildman–Crippen LogP) is 3.04. The number of aromatic nitrogens is 1. The maximum atomic E-state index is 5.38. The molecule has 0 saturated heterocycles. The summed E-state index contributed by atoms with van der Waals surface area (Å²) in [6.45, 7) is 8.73. The molecule has 1 N–H and O–H groups in total. The zero-order chi connectivity index (χ0) is 14.5. The van der Waals surface area contributed by atoms with Crippen LogP contribution in [-0.4, -0.2) is 18.7 Å². The lowest BCUT2D eigenvalue weighted by atomic mass is 10.1. The minimum Gasteiger partial charge on any atom is -0.367 e. The summed E-state index contributed by atoms with van der Waals surface area (Å²) < 4.78 is 5.38. The normalized spacial score (nSPS) is 10.8. The first-order chi connectivity index (χ1) is 9.58. The van der Waals surface area contributed by atoms with E-state index in [-0.39, 0.29) is 0 Å². The molecule has 0 bridgehead atoms. The van der Waals surface area contributed by atoms with Crippen molar-refractivity contribution in [2.24, 2.45) is 0 Å². The second-order valence-electron chi connectivity index (χ2n) is 5.27. The summed E-state index contributed by atoms with van der Waals surface area (Å²) in [5.41, 5.74) is 4.71. The van der Waals surface area contributed by atoms with Crippen LogP contribution >= 0.6 is 0 Å². The van der Waals surface area contributed by atoms with E-state index in [9.17, 15) is 0 Å². The van der Waals surface area contributed by atoms with Crippen molar-refractivity contribution in [3.63, 3.8) is 0 Å². The molecule has 0 fully saturated rings. The van der Waals surface area contributed by atoms with Crippen molar-refractivity contribution in [3.05, 3.63) is 46.8 Å². The molecule has 1 heterocycles. The van der Waals surface area contributed by atoms with Gasteiger partial charge in [-0.05, 0) is 43.7 Å². The van der Waals surface area contributed by atoms with Crippen LogP contribution < -0.4 is 10.2 Å². The highest BCUT2D eigenvalue weighted by atomic mass is 16.5. The Balaban J connectivity index is 2.03. The largest absolute Gasteiger partial charge is 0.367 e. The topological polar surface area (TPSA) is 41.3 Å². The third-order valence-corrected chi connectivity index (χ3v) is 3.20. The summed E-state index contributed by atoms with van der Waals surface area (Å²) in [7, 11) is 2.07. The second-order valence-corrected chi connectivity index (χ2v) is 5.27. The second kappa shape index (κ2) is 6.57. The van der Waals surface area contributed by atoms with Crippen LogP contribution in [0.5, 0.6) is 0 Å². The van der Waals surface area contributed by atoms with E-state index in [1.807, 2.05) is 6.07 Å². The van der Waals surface area contributed by atoms with Gasteiger partial charge in [0.05, 0.1) is 12.2 Å². The van der Waals surface area contributed by atoms with E-state index < -0.39 is 0 Å². The Hall–Kier alpha value is -1.81. The minimum atomic E-state index is 0.724. The van der Waals surface area contributed by atoms with Gasteiger partial charge in [0.1, 0.15) is 0 Å². The summed E-state index contributed by atoms with van der Waals surface area (Å²) >= 11 is 0. The lowest BCUT2D eigenvalue weighted by Crippen LogP contribution is -2.16. The van der Waals surface area contributed by atoms with E-state index >= 15 is 0 Å². The van der Waals surface area contributed by atoms with Crippen LogP contribution in [0.1, 0.15) is 29.5 Å². The Bertz CT molecular complexity index is 542. The highest BCUT2D eigenvalue weighted by Crippen LogP contribution is 2.19. The molecular formula is C16H23N3O. The van der Waals surface area contributed by atoms with Gasteiger partial charge in [0, 0.05) is 25.3 Å². The standard InChI is InChI=1S/C16H23N3O/c1-5-17-10-14-9-16(20-18-14)11-19(4)15-7-12(2)6-13(3)8-15/h6-9,17H,5,10-11H2,1-4H3. The molecule has 4 heteroatoms. The number of anilines is 1. The summed E-state index contributed by atoms with van der Waals surface area (Å²) in [5.74, 6) is 0.888. The van der Waals surface area contributed by atoms with Gasteiger partial charge in [0.2, 0.25) is 0 Å². The first-order valence-corrected chi connectivity index (χ1v) is 7.03. The molecular weight excluding hydrogens is 250 g/mol. The van der Waals surface area contributed by atoms with Gasteiger partial charge < -0.3 is 14.7 Å². The quantitative estimate of drug-likeness (QED) is 0.878. The lowest BCUT2D eigenvalue weighted by molar-refractivity contribution is 0.375. The molecule has 0 aliphatic carbocycles. The fourth-order valence-corrected chi connectivity index (χ4v) is 2.26. The van der Waals surface area contributed by atoms with E-state index in [4.69, 9.17) is 4.52 Å². The first kappa shape index (κ1) is 14.6. The number of nitrogens with zero attached hydrogens (tertiary/aromatic N) is 2. The monoisotopic (exact) mass is 273 g/mol. The van der Waals surface area contributed by atoms with Crippen LogP contribution in [0.15, 0.2) is 28.8 Å². The highest BCUT2D eigenvalue weighted by molar-refractivity contribution is 5.50. The Kier molecular flexibility index (Phi) is 4.79. The minimum absolute atomic E-state index is 0.724. The zero-order valence-electron chi connectivity index (χ0n) is 12.7. The Morgan fingerprint density at radius 3 is 2.50 bits per heavy atom. The van der Waals surface area contributed by atoms with Crippen molar-refractivity contribution < 1.29 is 4.52 Å². The number of hydrogen-bond acceptors (Lipinski definition) is 4. The van der Waals surface area contributed by atoms with Gasteiger partial charge >= 0.3 is 0 Å². The van der Waals surface area contributed by atoms with E-state index in [1.54, 1.807) is 0 Å². The van der Waals surface area contributed by atoms with Gasteiger partial charge in [-0.2, -0.15) is 0 Å². The van der Waals surface area contributed by atoms with E-state index in [1.165, 1.54) is 16.8 Å². The molecule has 0 unspecified atom stereocenters. The Labute approximate surface area is 120 Å². The third-order valence-electron chi connectivity index (χ3n) is 3.20. The molecule has 2 aromatic rings. The molecule has 4 nitrogen and oxygen atoms in total. The van der Waals surface area contributed by atoms with Crippen molar-refractivity contribution >= 4 is 5.69 Å². The van der Waals surface area contributed by atoms with Crippen LogP contribution in [0.4, 0.5) is 5.69 Å². The summed E-state index contributed by atoms with van der Waals surface area (Å²) in [6, 6.07) is 8.56. The molecule has 0 spiro atoms. The van der Waals surface area contributed by atoms with Crippen molar-refractivity contribution in [1.82, 2.24) is 10.5 Å². The maximum absolute atomic E-state index is 5.38. The number of nitrogens with one attached hydrogen (secondary N) is 1. The molecule has 20 heavy (non-hydrogen) atoms. The smallest absolute Gasteiger partial charge is 0.156 e. The number of benzene rings is 1. The van der Waals surface area contributed by atoms with Gasteiger partial charge in [-0.25, -0.2) is 0 Å². The molecule has 108 valence electrons. The van der Waals surface area contributed by atoms with Crippen molar-refractivity contribution in [3.8, 4) is 0 Å². The fraction of sp³-hybridized carbons (Fsp3) is 0.438. The molecule has 0 aliphatic rings. The molecule has 0 radical (unpaired) electrons. The molecule has 2 rings (SSSR count). The average molecular weight is 273 g/mol.